The summed E-state index contributed by atoms with van der Waals surface area (Å²) in [7, 11) is 0. The van der Waals surface area contributed by atoms with Gasteiger partial charge in [0.1, 0.15) is 0 Å². The summed E-state index contributed by atoms with van der Waals surface area (Å²) in [4.78, 5) is 0. The van der Waals surface area contributed by atoms with Crippen molar-refractivity contribution in [2.75, 3.05) is 0 Å². The topological polar surface area (TPSA) is 0 Å². The lowest BCUT2D eigenvalue weighted by Crippen LogP contribution is -2.18. The second-order valence-corrected chi connectivity index (χ2v) is 6.41. The molecule has 1 saturated carbocycles. The van der Waals surface area contributed by atoms with E-state index in [1.807, 2.05) is 0 Å². The summed E-state index contributed by atoms with van der Waals surface area (Å²) in [5.74, 6) is 4.07. The van der Waals surface area contributed by atoms with Crippen LogP contribution in [0, 0.1) is 23.7 Å². The molecule has 0 aromatic carbocycles. The molecule has 0 heterocycles. The Hall–Kier alpha value is 0. The number of hydrogen-bond donors (Lipinski definition) is 0. The molecule has 102 valence electrons. The van der Waals surface area contributed by atoms with Crippen LogP contribution < -0.4 is 0 Å². The van der Waals surface area contributed by atoms with Crippen LogP contribution in [0.5, 0.6) is 0 Å². The third-order valence-electron chi connectivity index (χ3n) is 5.19. The summed E-state index contributed by atoms with van der Waals surface area (Å²) in [6.07, 6.45) is 13.2. The van der Waals surface area contributed by atoms with Crippen molar-refractivity contribution in [1.29, 1.82) is 0 Å². The molecule has 0 aromatic rings. The van der Waals surface area contributed by atoms with Gasteiger partial charge in [0, 0.05) is 0 Å². The van der Waals surface area contributed by atoms with E-state index in [1.165, 1.54) is 57.8 Å². The number of hydrogen-bond acceptors (Lipinski definition) is 0. The van der Waals surface area contributed by atoms with Gasteiger partial charge in [0.2, 0.25) is 0 Å². The van der Waals surface area contributed by atoms with Crippen LogP contribution in [0.2, 0.25) is 0 Å². The summed E-state index contributed by atoms with van der Waals surface area (Å²) in [6, 6.07) is 0. The molecule has 1 fully saturated rings. The van der Waals surface area contributed by atoms with Gasteiger partial charge in [-0.05, 0) is 30.1 Å². The van der Waals surface area contributed by atoms with Crippen LogP contribution in [0.3, 0.4) is 0 Å². The molecular formula is C17H34. The average molecular weight is 238 g/mol. The highest BCUT2D eigenvalue weighted by atomic mass is 14.3. The molecule has 4 atom stereocenters. The Bertz CT molecular complexity index is 184. The van der Waals surface area contributed by atoms with Crippen LogP contribution in [0.1, 0.15) is 85.5 Å². The molecule has 0 aliphatic heterocycles. The van der Waals surface area contributed by atoms with Gasteiger partial charge in [0.25, 0.3) is 0 Å². The molecular weight excluding hydrogens is 204 g/mol. The van der Waals surface area contributed by atoms with Crippen LogP contribution in [0.15, 0.2) is 0 Å². The Balaban J connectivity index is 2.60. The molecule has 0 N–H and O–H groups in total. The van der Waals surface area contributed by atoms with Crippen molar-refractivity contribution in [2.24, 2.45) is 23.7 Å². The first-order valence-corrected chi connectivity index (χ1v) is 8.22. The maximum atomic E-state index is 2.48. The van der Waals surface area contributed by atoms with Crippen molar-refractivity contribution in [3.63, 3.8) is 0 Å². The van der Waals surface area contributed by atoms with E-state index in [4.69, 9.17) is 0 Å². The molecule has 1 aliphatic rings. The zero-order chi connectivity index (χ0) is 12.7. The summed E-state index contributed by atoms with van der Waals surface area (Å²) < 4.78 is 0. The van der Waals surface area contributed by atoms with Crippen LogP contribution in [-0.4, -0.2) is 0 Å². The molecule has 0 nitrogen and oxygen atoms in total. The average Bonchev–Trinajstić information content (AvgIpc) is 2.53. The largest absolute Gasteiger partial charge is 0.0654 e. The normalized spacial score (nSPS) is 32.1. The molecule has 1 rings (SSSR count). The van der Waals surface area contributed by atoms with E-state index >= 15 is 0 Å². The highest BCUT2D eigenvalue weighted by Crippen LogP contribution is 2.40. The quantitative estimate of drug-likeness (QED) is 0.494. The van der Waals surface area contributed by atoms with E-state index in [1.54, 1.807) is 0 Å². The predicted molar refractivity (Wildman–Crippen MR) is 78.2 cm³/mol. The smallest absolute Gasteiger partial charge is 0.0383 e. The van der Waals surface area contributed by atoms with E-state index in [-0.39, 0.29) is 0 Å². The van der Waals surface area contributed by atoms with E-state index in [0.29, 0.717) is 0 Å². The third-order valence-corrected chi connectivity index (χ3v) is 5.19. The Morgan fingerprint density at radius 3 is 2.18 bits per heavy atom. The molecule has 0 aromatic heterocycles. The van der Waals surface area contributed by atoms with Crippen molar-refractivity contribution < 1.29 is 0 Å². The molecule has 1 aliphatic carbocycles. The van der Waals surface area contributed by atoms with Gasteiger partial charge in [-0.2, -0.15) is 0 Å². The van der Waals surface area contributed by atoms with Crippen LogP contribution in [0.25, 0.3) is 0 Å². The Morgan fingerprint density at radius 1 is 0.941 bits per heavy atom. The van der Waals surface area contributed by atoms with Gasteiger partial charge in [0.15, 0.2) is 0 Å². The summed E-state index contributed by atoms with van der Waals surface area (Å²) in [5, 5.41) is 0. The second kappa shape index (κ2) is 8.16. The highest BCUT2D eigenvalue weighted by molar-refractivity contribution is 4.80. The van der Waals surface area contributed by atoms with Gasteiger partial charge in [-0.15, -0.1) is 0 Å². The molecule has 0 saturated heterocycles. The van der Waals surface area contributed by atoms with Gasteiger partial charge < -0.3 is 0 Å². The predicted octanol–water partition coefficient (Wildman–Crippen LogP) is 6.06. The van der Waals surface area contributed by atoms with E-state index in [2.05, 4.69) is 27.7 Å². The van der Waals surface area contributed by atoms with E-state index in [9.17, 15) is 0 Å². The Kier molecular flexibility index (Phi) is 7.23. The van der Waals surface area contributed by atoms with E-state index in [0.717, 1.165) is 23.7 Å². The van der Waals surface area contributed by atoms with Crippen molar-refractivity contribution >= 4 is 0 Å². The Labute approximate surface area is 110 Å². The summed E-state index contributed by atoms with van der Waals surface area (Å²) in [5.41, 5.74) is 0. The minimum absolute atomic E-state index is 0.953. The summed E-state index contributed by atoms with van der Waals surface area (Å²) >= 11 is 0. The monoisotopic (exact) mass is 238 g/mol. The standard InChI is InChI=1S/C17H34/c1-5-9-15-11-8-12-16(14(4)7-3)13-17(15)10-6-2/h14-17H,5-13H2,1-4H3. The SMILES string of the molecule is CCCC1CCCC(C(C)CC)CC1CCC. The van der Waals surface area contributed by atoms with Crippen molar-refractivity contribution in [3.8, 4) is 0 Å². The van der Waals surface area contributed by atoms with Crippen molar-refractivity contribution in [3.05, 3.63) is 0 Å². The third kappa shape index (κ3) is 4.64. The second-order valence-electron chi connectivity index (χ2n) is 6.41. The zero-order valence-electron chi connectivity index (χ0n) is 12.7. The minimum atomic E-state index is 0.953. The molecule has 4 unspecified atom stereocenters. The first kappa shape index (κ1) is 15.1. The van der Waals surface area contributed by atoms with Crippen molar-refractivity contribution in [2.45, 2.75) is 85.5 Å². The molecule has 0 bridgehead atoms. The minimum Gasteiger partial charge on any atom is -0.0654 e. The lowest BCUT2D eigenvalue weighted by atomic mass is 9.77. The summed E-state index contributed by atoms with van der Waals surface area (Å²) in [6.45, 7) is 9.58. The van der Waals surface area contributed by atoms with Gasteiger partial charge in [-0.25, -0.2) is 0 Å². The highest BCUT2D eigenvalue weighted by Gasteiger charge is 2.28. The molecule has 0 radical (unpaired) electrons. The maximum absolute atomic E-state index is 2.48. The fourth-order valence-electron chi connectivity index (χ4n) is 3.90. The van der Waals surface area contributed by atoms with Gasteiger partial charge in [-0.1, -0.05) is 79.1 Å². The maximum Gasteiger partial charge on any atom is -0.0383 e. The first-order chi connectivity index (χ1) is 8.22. The number of rotatable bonds is 6. The molecule has 0 spiro atoms. The van der Waals surface area contributed by atoms with Gasteiger partial charge in [0.05, 0.1) is 0 Å². The fraction of sp³-hybridized carbons (Fsp3) is 1.00. The van der Waals surface area contributed by atoms with Crippen LogP contribution in [0.4, 0.5) is 0 Å². The Morgan fingerprint density at radius 2 is 1.59 bits per heavy atom. The van der Waals surface area contributed by atoms with E-state index < -0.39 is 0 Å². The van der Waals surface area contributed by atoms with Gasteiger partial charge >= 0.3 is 0 Å². The molecule has 0 amide bonds. The van der Waals surface area contributed by atoms with Crippen LogP contribution in [-0.2, 0) is 0 Å². The lowest BCUT2D eigenvalue weighted by molar-refractivity contribution is 0.222. The van der Waals surface area contributed by atoms with Gasteiger partial charge in [-0.3, -0.25) is 0 Å². The molecule has 0 heteroatoms. The first-order valence-electron chi connectivity index (χ1n) is 8.22. The van der Waals surface area contributed by atoms with Crippen LogP contribution >= 0.6 is 0 Å². The van der Waals surface area contributed by atoms with Crippen molar-refractivity contribution in [1.82, 2.24) is 0 Å². The fourth-order valence-corrected chi connectivity index (χ4v) is 3.90. The lowest BCUT2D eigenvalue weighted by Gasteiger charge is -2.28. The molecule has 17 heavy (non-hydrogen) atoms. The zero-order valence-corrected chi connectivity index (χ0v) is 12.7.